The molecule has 7 nitrogen and oxygen atoms in total. The lowest BCUT2D eigenvalue weighted by Gasteiger charge is -2.37. The van der Waals surface area contributed by atoms with Gasteiger partial charge >= 0.3 is 0 Å². The zero-order chi connectivity index (χ0) is 18.4. The molecule has 2 saturated heterocycles. The molecule has 27 heavy (non-hydrogen) atoms. The summed E-state index contributed by atoms with van der Waals surface area (Å²) in [6, 6.07) is 1.94. The van der Waals surface area contributed by atoms with E-state index in [0.29, 0.717) is 0 Å². The zero-order valence-electron chi connectivity index (χ0n) is 16.9. The van der Waals surface area contributed by atoms with Gasteiger partial charge in [-0.05, 0) is 18.3 Å². The quantitative estimate of drug-likeness (QED) is 0.387. The van der Waals surface area contributed by atoms with E-state index >= 15 is 0 Å². The molecule has 8 heteroatoms. The van der Waals surface area contributed by atoms with Gasteiger partial charge in [0.15, 0.2) is 5.96 Å². The topological polar surface area (TPSA) is 60.1 Å². The number of likely N-dealkylation sites (tertiary alicyclic amines) is 1. The van der Waals surface area contributed by atoms with Crippen LogP contribution in [0.4, 0.5) is 0 Å². The van der Waals surface area contributed by atoms with E-state index in [1.807, 2.05) is 13.1 Å². The van der Waals surface area contributed by atoms with Crippen LogP contribution in [-0.2, 0) is 6.54 Å². The Bertz CT molecular complexity index is 549. The Kier molecular flexibility index (Phi) is 9.31. The highest BCUT2D eigenvalue weighted by atomic mass is 127. The van der Waals surface area contributed by atoms with E-state index in [0.717, 1.165) is 69.3 Å². The van der Waals surface area contributed by atoms with Crippen molar-refractivity contribution in [1.82, 2.24) is 25.2 Å². The molecule has 154 valence electrons. The first-order valence-electron chi connectivity index (χ1n) is 9.93. The molecule has 2 aliphatic heterocycles. The van der Waals surface area contributed by atoms with Gasteiger partial charge in [-0.25, -0.2) is 0 Å². The van der Waals surface area contributed by atoms with Crippen molar-refractivity contribution in [3.8, 4) is 0 Å². The molecule has 0 aromatic carbocycles. The summed E-state index contributed by atoms with van der Waals surface area (Å²) in [5.74, 6) is 2.66. The maximum atomic E-state index is 4.92. The molecule has 3 rings (SSSR count). The minimum absolute atomic E-state index is 0. The molecule has 1 aromatic rings. The number of rotatable bonds is 5. The number of aromatic nitrogens is 1. The van der Waals surface area contributed by atoms with Crippen LogP contribution in [0.5, 0.6) is 0 Å². The Morgan fingerprint density at radius 3 is 2.48 bits per heavy atom. The van der Waals surface area contributed by atoms with Gasteiger partial charge < -0.3 is 19.6 Å². The fourth-order valence-corrected chi connectivity index (χ4v) is 4.30. The Hall–Kier alpha value is -0.870. The first-order chi connectivity index (χ1) is 12.6. The molecule has 0 saturated carbocycles. The SMILES string of the molecule is CN=C(NCCN1CC(C)CC(C)C1)N1CCN(Cc2ccon2)CC1.I. The zero-order valence-corrected chi connectivity index (χ0v) is 19.3. The van der Waals surface area contributed by atoms with Crippen molar-refractivity contribution >= 4 is 29.9 Å². The van der Waals surface area contributed by atoms with Crippen LogP contribution in [0.15, 0.2) is 21.8 Å². The molecular weight excluding hydrogens is 455 g/mol. The highest BCUT2D eigenvalue weighted by Gasteiger charge is 2.22. The first kappa shape index (κ1) is 22.4. The maximum Gasteiger partial charge on any atom is 0.193 e. The molecular formula is C19H35IN6O. The second-order valence-corrected chi connectivity index (χ2v) is 7.93. The van der Waals surface area contributed by atoms with Gasteiger partial charge in [0.05, 0.1) is 5.69 Å². The van der Waals surface area contributed by atoms with E-state index in [4.69, 9.17) is 4.52 Å². The molecule has 3 heterocycles. The number of piperidine rings is 1. The summed E-state index contributed by atoms with van der Waals surface area (Å²) in [7, 11) is 1.88. The predicted octanol–water partition coefficient (Wildman–Crippen LogP) is 1.96. The van der Waals surface area contributed by atoms with Crippen LogP contribution in [-0.4, -0.2) is 85.2 Å². The lowest BCUT2D eigenvalue weighted by molar-refractivity contribution is 0.142. The van der Waals surface area contributed by atoms with Gasteiger partial charge in [0.2, 0.25) is 0 Å². The summed E-state index contributed by atoms with van der Waals surface area (Å²) < 4.78 is 4.92. The van der Waals surface area contributed by atoms with Gasteiger partial charge in [-0.3, -0.25) is 9.89 Å². The van der Waals surface area contributed by atoms with Gasteiger partial charge in [-0.1, -0.05) is 19.0 Å². The number of hydrogen-bond acceptors (Lipinski definition) is 5. The van der Waals surface area contributed by atoms with E-state index in [2.05, 4.69) is 44.0 Å². The smallest absolute Gasteiger partial charge is 0.193 e. The molecule has 2 fully saturated rings. The number of nitrogens with one attached hydrogen (secondary N) is 1. The van der Waals surface area contributed by atoms with Crippen molar-refractivity contribution in [3.63, 3.8) is 0 Å². The first-order valence-corrected chi connectivity index (χ1v) is 9.93. The minimum Gasteiger partial charge on any atom is -0.364 e. The molecule has 0 amide bonds. The number of halogens is 1. The van der Waals surface area contributed by atoms with Crippen molar-refractivity contribution in [2.45, 2.75) is 26.8 Å². The molecule has 1 N–H and O–H groups in total. The predicted molar refractivity (Wildman–Crippen MR) is 120 cm³/mol. The molecule has 0 aliphatic carbocycles. The third kappa shape index (κ3) is 6.90. The van der Waals surface area contributed by atoms with Crippen molar-refractivity contribution in [3.05, 3.63) is 18.0 Å². The molecule has 0 spiro atoms. The number of hydrogen-bond donors (Lipinski definition) is 1. The lowest BCUT2D eigenvalue weighted by atomic mass is 9.92. The van der Waals surface area contributed by atoms with Gasteiger partial charge in [0.25, 0.3) is 0 Å². The average molecular weight is 490 g/mol. The number of nitrogens with zero attached hydrogens (tertiary/aromatic N) is 5. The molecule has 2 aliphatic rings. The largest absolute Gasteiger partial charge is 0.364 e. The van der Waals surface area contributed by atoms with Crippen LogP contribution >= 0.6 is 24.0 Å². The average Bonchev–Trinajstić information content (AvgIpc) is 3.12. The van der Waals surface area contributed by atoms with Crippen molar-refractivity contribution in [2.75, 3.05) is 59.4 Å². The van der Waals surface area contributed by atoms with Crippen molar-refractivity contribution in [1.29, 1.82) is 0 Å². The summed E-state index contributed by atoms with van der Waals surface area (Å²) >= 11 is 0. The molecule has 2 atom stereocenters. The van der Waals surface area contributed by atoms with Gasteiger partial charge in [0, 0.05) is 72.0 Å². The summed E-state index contributed by atoms with van der Waals surface area (Å²) in [6.45, 7) is 14.2. The second-order valence-electron chi connectivity index (χ2n) is 7.93. The standard InChI is InChI=1S/C19H34N6O.HI/c1-16-12-17(2)14-24(13-16)6-5-21-19(20-3)25-9-7-23(8-10-25)15-18-4-11-26-22-18;/h4,11,16-17H,5-10,12-15H2,1-3H3,(H,20,21);1H. The highest BCUT2D eigenvalue weighted by molar-refractivity contribution is 14.0. The van der Waals surface area contributed by atoms with Crippen LogP contribution in [0.2, 0.25) is 0 Å². The van der Waals surface area contributed by atoms with Crippen molar-refractivity contribution < 1.29 is 4.52 Å². The third-order valence-electron chi connectivity index (χ3n) is 5.42. The summed E-state index contributed by atoms with van der Waals surface area (Å²) in [5, 5.41) is 7.57. The van der Waals surface area contributed by atoms with E-state index < -0.39 is 0 Å². The molecule has 0 bridgehead atoms. The van der Waals surface area contributed by atoms with Gasteiger partial charge in [-0.2, -0.15) is 0 Å². The third-order valence-corrected chi connectivity index (χ3v) is 5.42. The summed E-state index contributed by atoms with van der Waals surface area (Å²) in [6.07, 6.45) is 3.01. The van der Waals surface area contributed by atoms with Crippen LogP contribution in [0.3, 0.4) is 0 Å². The van der Waals surface area contributed by atoms with Crippen molar-refractivity contribution in [2.24, 2.45) is 16.8 Å². The number of guanidine groups is 1. The summed E-state index contributed by atoms with van der Waals surface area (Å²) in [4.78, 5) is 11.9. The van der Waals surface area contributed by atoms with Crippen LogP contribution in [0.25, 0.3) is 0 Å². The normalized spacial score (nSPS) is 25.3. The van der Waals surface area contributed by atoms with E-state index in [1.165, 1.54) is 19.5 Å². The van der Waals surface area contributed by atoms with Crippen LogP contribution < -0.4 is 5.32 Å². The fourth-order valence-electron chi connectivity index (χ4n) is 4.30. The number of piperazine rings is 1. The van der Waals surface area contributed by atoms with E-state index in [-0.39, 0.29) is 24.0 Å². The molecule has 2 unspecified atom stereocenters. The Balaban J connectivity index is 0.00000261. The molecule has 0 radical (unpaired) electrons. The highest BCUT2D eigenvalue weighted by Crippen LogP contribution is 2.20. The monoisotopic (exact) mass is 490 g/mol. The van der Waals surface area contributed by atoms with Crippen LogP contribution in [0.1, 0.15) is 26.0 Å². The summed E-state index contributed by atoms with van der Waals surface area (Å²) in [5.41, 5.74) is 1.01. The maximum absolute atomic E-state index is 4.92. The fraction of sp³-hybridized carbons (Fsp3) is 0.789. The van der Waals surface area contributed by atoms with E-state index in [1.54, 1.807) is 6.26 Å². The number of aliphatic imine (C=N–C) groups is 1. The van der Waals surface area contributed by atoms with E-state index in [9.17, 15) is 0 Å². The Labute approximate surface area is 180 Å². The Morgan fingerprint density at radius 1 is 1.19 bits per heavy atom. The minimum atomic E-state index is 0. The Morgan fingerprint density at radius 2 is 1.89 bits per heavy atom. The van der Waals surface area contributed by atoms with Crippen LogP contribution in [0, 0.1) is 11.8 Å². The second kappa shape index (κ2) is 11.2. The van der Waals surface area contributed by atoms with Gasteiger partial charge in [-0.15, -0.1) is 24.0 Å². The molecule has 1 aromatic heterocycles. The lowest BCUT2D eigenvalue weighted by Crippen LogP contribution is -2.53. The van der Waals surface area contributed by atoms with Gasteiger partial charge in [0.1, 0.15) is 6.26 Å².